The Morgan fingerprint density at radius 3 is 2.22 bits per heavy atom. The predicted octanol–water partition coefficient (Wildman–Crippen LogP) is 2.94. The lowest BCUT2D eigenvalue weighted by atomic mass is 10.2. The van der Waals surface area contributed by atoms with E-state index < -0.39 is 0 Å². The Morgan fingerprint density at radius 1 is 1.00 bits per heavy atom. The second-order valence-electron chi connectivity index (χ2n) is 7.61. The lowest BCUT2D eigenvalue weighted by Gasteiger charge is -2.37. The van der Waals surface area contributed by atoms with Gasteiger partial charge in [0.15, 0.2) is 0 Å². The van der Waals surface area contributed by atoms with Crippen LogP contribution in [0.4, 0.5) is 11.4 Å². The number of carbonyl (C=O) groups is 2. The zero-order valence-corrected chi connectivity index (χ0v) is 19.3. The van der Waals surface area contributed by atoms with Crippen LogP contribution in [0, 0.1) is 0 Å². The third-order valence-electron chi connectivity index (χ3n) is 5.47. The van der Waals surface area contributed by atoms with Crippen molar-refractivity contribution in [3.8, 4) is 11.5 Å². The lowest BCUT2D eigenvalue weighted by Crippen LogP contribution is -2.53. The highest BCUT2D eigenvalue weighted by molar-refractivity contribution is 6.33. The molecule has 32 heavy (non-hydrogen) atoms. The fourth-order valence-corrected chi connectivity index (χ4v) is 3.74. The monoisotopic (exact) mass is 460 g/mol. The molecule has 0 saturated carbocycles. The van der Waals surface area contributed by atoms with Crippen molar-refractivity contribution in [1.29, 1.82) is 0 Å². The molecule has 1 fully saturated rings. The molecule has 0 radical (unpaired) electrons. The van der Waals surface area contributed by atoms with Crippen LogP contribution >= 0.6 is 11.6 Å². The van der Waals surface area contributed by atoms with Crippen molar-refractivity contribution < 1.29 is 19.1 Å². The first-order chi connectivity index (χ1) is 15.4. The van der Waals surface area contributed by atoms with Crippen LogP contribution in [-0.2, 0) is 9.59 Å². The van der Waals surface area contributed by atoms with Gasteiger partial charge in [-0.3, -0.25) is 19.4 Å². The molecule has 0 aromatic heterocycles. The van der Waals surface area contributed by atoms with Crippen LogP contribution in [0.25, 0.3) is 0 Å². The van der Waals surface area contributed by atoms with Crippen LogP contribution in [-0.4, -0.2) is 74.6 Å². The highest BCUT2D eigenvalue weighted by atomic mass is 35.5. The highest BCUT2D eigenvalue weighted by Gasteiger charge is 2.26. The summed E-state index contributed by atoms with van der Waals surface area (Å²) in [6.45, 7) is 4.93. The van der Waals surface area contributed by atoms with E-state index >= 15 is 0 Å². The molecule has 2 N–H and O–H groups in total. The maximum atomic E-state index is 12.8. The molecule has 9 heteroatoms. The molecule has 3 rings (SSSR count). The molecule has 1 unspecified atom stereocenters. The van der Waals surface area contributed by atoms with Crippen molar-refractivity contribution in [3.05, 3.63) is 47.5 Å². The Bertz CT molecular complexity index is 925. The second kappa shape index (κ2) is 11.2. The zero-order valence-electron chi connectivity index (χ0n) is 18.6. The van der Waals surface area contributed by atoms with Crippen LogP contribution in [0.3, 0.4) is 0 Å². The van der Waals surface area contributed by atoms with Gasteiger partial charge in [-0.1, -0.05) is 23.7 Å². The van der Waals surface area contributed by atoms with Gasteiger partial charge in [0.25, 0.3) is 0 Å². The summed E-state index contributed by atoms with van der Waals surface area (Å²) in [5, 5.41) is 6.29. The number of piperazine rings is 1. The van der Waals surface area contributed by atoms with Crippen molar-refractivity contribution >= 4 is 34.8 Å². The summed E-state index contributed by atoms with van der Waals surface area (Å²) in [5.41, 5.74) is 1.23. The van der Waals surface area contributed by atoms with Gasteiger partial charge in [-0.2, -0.15) is 0 Å². The van der Waals surface area contributed by atoms with Gasteiger partial charge in [0.1, 0.15) is 11.5 Å². The second-order valence-corrected chi connectivity index (χ2v) is 8.01. The fraction of sp³-hybridized carbons (Fsp3) is 0.391. The molecule has 1 atom stereocenters. The Hall–Kier alpha value is -2.81. The number of hydrogen-bond donors (Lipinski definition) is 2. The van der Waals surface area contributed by atoms with E-state index in [0.717, 1.165) is 0 Å². The third kappa shape index (κ3) is 6.35. The van der Waals surface area contributed by atoms with E-state index in [9.17, 15) is 9.59 Å². The number of methoxy groups -OCH3 is 2. The Morgan fingerprint density at radius 2 is 1.62 bits per heavy atom. The third-order valence-corrected chi connectivity index (χ3v) is 5.80. The van der Waals surface area contributed by atoms with E-state index in [1.54, 1.807) is 44.6 Å². The van der Waals surface area contributed by atoms with E-state index in [1.165, 1.54) is 0 Å². The lowest BCUT2D eigenvalue weighted by molar-refractivity contribution is -0.122. The Kier molecular flexibility index (Phi) is 8.33. The molecule has 2 amide bonds. The number of carbonyl (C=O) groups excluding carboxylic acids is 2. The summed E-state index contributed by atoms with van der Waals surface area (Å²) in [7, 11) is 3.13. The number of ether oxygens (including phenoxy) is 2. The first-order valence-electron chi connectivity index (χ1n) is 10.4. The molecule has 1 aliphatic rings. The Labute approximate surface area is 193 Å². The minimum Gasteiger partial charge on any atom is -0.497 e. The van der Waals surface area contributed by atoms with Gasteiger partial charge in [-0.15, -0.1) is 0 Å². The van der Waals surface area contributed by atoms with E-state index in [-0.39, 0.29) is 24.4 Å². The molecular weight excluding hydrogens is 432 g/mol. The molecular formula is C23H29ClN4O4. The number of benzene rings is 2. The summed E-state index contributed by atoms with van der Waals surface area (Å²) in [6, 6.07) is 12.1. The molecule has 2 aromatic carbocycles. The molecule has 1 heterocycles. The number of rotatable bonds is 8. The summed E-state index contributed by atoms with van der Waals surface area (Å²) < 4.78 is 10.5. The molecule has 1 saturated heterocycles. The van der Waals surface area contributed by atoms with Gasteiger partial charge < -0.3 is 20.1 Å². The number of nitrogens with one attached hydrogen (secondary N) is 2. The highest BCUT2D eigenvalue weighted by Crippen LogP contribution is 2.26. The van der Waals surface area contributed by atoms with Gasteiger partial charge in [-0.05, 0) is 19.1 Å². The maximum Gasteiger partial charge on any atom is 0.241 e. The standard InChI is InChI=1S/C23H29ClN4O4/c1-16(23(30)25-17-12-18(31-2)14-19(13-17)32-3)28-10-8-27(9-11-28)15-22(29)26-21-7-5-4-6-20(21)24/h4-7,12-14,16H,8-11,15H2,1-3H3,(H,25,30)(H,26,29). The number of halogens is 1. The summed E-state index contributed by atoms with van der Waals surface area (Å²) in [5.74, 6) is 1.00. The van der Waals surface area contributed by atoms with E-state index in [4.69, 9.17) is 21.1 Å². The zero-order chi connectivity index (χ0) is 23.1. The Balaban J connectivity index is 1.48. The van der Waals surface area contributed by atoms with Gasteiger partial charge in [-0.25, -0.2) is 0 Å². The molecule has 1 aliphatic heterocycles. The maximum absolute atomic E-state index is 12.8. The summed E-state index contributed by atoms with van der Waals surface area (Å²) in [6.07, 6.45) is 0. The minimum absolute atomic E-state index is 0.106. The molecule has 172 valence electrons. The van der Waals surface area contributed by atoms with Gasteiger partial charge in [0, 0.05) is 50.1 Å². The smallest absolute Gasteiger partial charge is 0.241 e. The van der Waals surface area contributed by atoms with Crippen molar-refractivity contribution in [2.45, 2.75) is 13.0 Å². The van der Waals surface area contributed by atoms with Gasteiger partial charge >= 0.3 is 0 Å². The van der Waals surface area contributed by atoms with Crippen LogP contribution in [0.15, 0.2) is 42.5 Å². The molecule has 0 bridgehead atoms. The topological polar surface area (TPSA) is 83.1 Å². The number of amides is 2. The van der Waals surface area contributed by atoms with E-state index in [1.807, 2.05) is 19.1 Å². The number of para-hydroxylation sites is 1. The van der Waals surface area contributed by atoms with Crippen molar-refractivity contribution in [2.24, 2.45) is 0 Å². The van der Waals surface area contributed by atoms with Crippen LogP contribution in [0.1, 0.15) is 6.92 Å². The molecule has 0 aliphatic carbocycles. The van der Waals surface area contributed by atoms with Gasteiger partial charge in [0.05, 0.1) is 37.5 Å². The van der Waals surface area contributed by atoms with Crippen LogP contribution in [0.2, 0.25) is 5.02 Å². The van der Waals surface area contributed by atoms with Crippen LogP contribution < -0.4 is 20.1 Å². The number of hydrogen-bond acceptors (Lipinski definition) is 6. The quantitative estimate of drug-likeness (QED) is 0.630. The largest absolute Gasteiger partial charge is 0.497 e. The number of anilines is 2. The van der Waals surface area contributed by atoms with Gasteiger partial charge in [0.2, 0.25) is 11.8 Å². The fourth-order valence-electron chi connectivity index (χ4n) is 3.56. The molecule has 8 nitrogen and oxygen atoms in total. The average molecular weight is 461 g/mol. The predicted molar refractivity (Wildman–Crippen MR) is 126 cm³/mol. The van der Waals surface area contributed by atoms with E-state index in [2.05, 4.69) is 20.4 Å². The SMILES string of the molecule is COc1cc(NC(=O)C(C)N2CCN(CC(=O)Nc3ccccc3Cl)CC2)cc(OC)c1. The summed E-state index contributed by atoms with van der Waals surface area (Å²) >= 11 is 6.10. The van der Waals surface area contributed by atoms with Crippen LogP contribution in [0.5, 0.6) is 11.5 Å². The molecule has 2 aromatic rings. The minimum atomic E-state index is -0.314. The van der Waals surface area contributed by atoms with Crippen molar-refractivity contribution in [3.63, 3.8) is 0 Å². The number of nitrogens with zero attached hydrogens (tertiary/aromatic N) is 2. The summed E-state index contributed by atoms with van der Waals surface area (Å²) in [4.78, 5) is 29.3. The van der Waals surface area contributed by atoms with Crippen molar-refractivity contribution in [2.75, 3.05) is 57.6 Å². The first-order valence-corrected chi connectivity index (χ1v) is 10.8. The molecule has 0 spiro atoms. The van der Waals surface area contributed by atoms with Crippen molar-refractivity contribution in [1.82, 2.24) is 9.80 Å². The van der Waals surface area contributed by atoms with E-state index in [0.29, 0.717) is 54.1 Å². The first kappa shape index (κ1) is 23.8. The normalized spacial score (nSPS) is 15.6. The average Bonchev–Trinajstić information content (AvgIpc) is 2.80.